The number of methoxy groups -OCH3 is 1. The fourth-order valence-electron chi connectivity index (χ4n) is 1.90. The van der Waals surface area contributed by atoms with Crippen LogP contribution in [0.3, 0.4) is 0 Å². The minimum absolute atomic E-state index is 0.125. The summed E-state index contributed by atoms with van der Waals surface area (Å²) in [6.45, 7) is 1.09. The molecule has 1 aromatic heterocycles. The van der Waals surface area contributed by atoms with Crippen molar-refractivity contribution in [2.45, 2.75) is 6.42 Å². The molecule has 0 radical (unpaired) electrons. The average molecular weight is 348 g/mol. The SMILES string of the molecule is COc1ccc(OCCNC(=O)CCNC(=O)c2cccs2)cc1. The van der Waals surface area contributed by atoms with E-state index in [1.54, 1.807) is 25.3 Å². The Kier molecular flexibility index (Phi) is 7.10. The van der Waals surface area contributed by atoms with Gasteiger partial charge < -0.3 is 20.1 Å². The van der Waals surface area contributed by atoms with Gasteiger partial charge in [0.05, 0.1) is 18.5 Å². The van der Waals surface area contributed by atoms with Crippen LogP contribution in [0.15, 0.2) is 41.8 Å². The number of ether oxygens (including phenoxy) is 2. The van der Waals surface area contributed by atoms with Gasteiger partial charge in [0.1, 0.15) is 18.1 Å². The molecule has 7 heteroatoms. The van der Waals surface area contributed by atoms with Crippen LogP contribution in [0.25, 0.3) is 0 Å². The van der Waals surface area contributed by atoms with Gasteiger partial charge in [-0.05, 0) is 35.7 Å². The molecule has 128 valence electrons. The van der Waals surface area contributed by atoms with Crippen molar-refractivity contribution in [3.8, 4) is 11.5 Å². The van der Waals surface area contributed by atoms with Crippen molar-refractivity contribution in [1.29, 1.82) is 0 Å². The zero-order chi connectivity index (χ0) is 17.2. The first-order chi connectivity index (χ1) is 11.7. The lowest BCUT2D eigenvalue weighted by atomic mass is 10.3. The van der Waals surface area contributed by atoms with Gasteiger partial charge >= 0.3 is 0 Å². The first-order valence-corrected chi connectivity index (χ1v) is 8.42. The van der Waals surface area contributed by atoms with Crippen molar-refractivity contribution >= 4 is 23.2 Å². The van der Waals surface area contributed by atoms with E-state index in [1.165, 1.54) is 11.3 Å². The van der Waals surface area contributed by atoms with Gasteiger partial charge in [-0.3, -0.25) is 9.59 Å². The third kappa shape index (κ3) is 5.92. The Bertz CT molecular complexity index is 641. The number of hydrogen-bond acceptors (Lipinski definition) is 5. The van der Waals surface area contributed by atoms with Crippen LogP contribution in [0.5, 0.6) is 11.5 Å². The molecule has 2 aromatic rings. The number of nitrogens with one attached hydrogen (secondary N) is 2. The largest absolute Gasteiger partial charge is 0.497 e. The average Bonchev–Trinajstić information content (AvgIpc) is 3.14. The highest BCUT2D eigenvalue weighted by Crippen LogP contribution is 2.16. The molecular weight excluding hydrogens is 328 g/mol. The molecule has 0 spiro atoms. The van der Waals surface area contributed by atoms with Crippen LogP contribution >= 0.6 is 11.3 Å². The van der Waals surface area contributed by atoms with Gasteiger partial charge in [0.15, 0.2) is 0 Å². The zero-order valence-electron chi connectivity index (χ0n) is 13.4. The van der Waals surface area contributed by atoms with Crippen molar-refractivity contribution < 1.29 is 19.1 Å². The summed E-state index contributed by atoms with van der Waals surface area (Å²) in [4.78, 5) is 24.0. The van der Waals surface area contributed by atoms with Crippen LogP contribution < -0.4 is 20.1 Å². The fraction of sp³-hybridized carbons (Fsp3) is 0.294. The minimum atomic E-state index is -0.152. The van der Waals surface area contributed by atoms with Gasteiger partial charge in [0, 0.05) is 13.0 Å². The van der Waals surface area contributed by atoms with Crippen molar-refractivity contribution in [2.75, 3.05) is 26.8 Å². The Hall–Kier alpha value is -2.54. The van der Waals surface area contributed by atoms with E-state index < -0.39 is 0 Å². The molecule has 0 aliphatic rings. The minimum Gasteiger partial charge on any atom is -0.497 e. The smallest absolute Gasteiger partial charge is 0.261 e. The monoisotopic (exact) mass is 348 g/mol. The fourth-order valence-corrected chi connectivity index (χ4v) is 2.54. The molecule has 0 aliphatic heterocycles. The molecule has 2 N–H and O–H groups in total. The Morgan fingerprint density at radius 3 is 2.46 bits per heavy atom. The summed E-state index contributed by atoms with van der Waals surface area (Å²) in [5, 5.41) is 7.29. The summed E-state index contributed by atoms with van der Waals surface area (Å²) in [5.41, 5.74) is 0. The molecule has 1 aromatic carbocycles. The van der Waals surface area contributed by atoms with Crippen molar-refractivity contribution in [2.24, 2.45) is 0 Å². The Balaban J connectivity index is 1.55. The maximum Gasteiger partial charge on any atom is 0.261 e. The number of hydrogen-bond donors (Lipinski definition) is 2. The number of carbonyl (C=O) groups is 2. The standard InChI is InChI=1S/C17H20N2O4S/c1-22-13-4-6-14(7-5-13)23-11-10-18-16(20)8-9-19-17(21)15-3-2-12-24-15/h2-7,12H,8-11H2,1H3,(H,18,20)(H,19,21). The van der Waals surface area contributed by atoms with Crippen molar-refractivity contribution in [3.05, 3.63) is 46.7 Å². The van der Waals surface area contributed by atoms with E-state index in [-0.39, 0.29) is 18.2 Å². The van der Waals surface area contributed by atoms with Crippen LogP contribution in [0.2, 0.25) is 0 Å². The quantitative estimate of drug-likeness (QED) is 0.680. The molecular formula is C17H20N2O4S. The number of amides is 2. The number of thiophene rings is 1. The first kappa shape index (κ1) is 17.8. The van der Waals surface area contributed by atoms with Crippen molar-refractivity contribution in [3.63, 3.8) is 0 Å². The van der Waals surface area contributed by atoms with E-state index >= 15 is 0 Å². The van der Waals surface area contributed by atoms with E-state index in [2.05, 4.69) is 10.6 Å². The molecule has 24 heavy (non-hydrogen) atoms. The lowest BCUT2D eigenvalue weighted by Crippen LogP contribution is -2.32. The molecule has 0 fully saturated rings. The van der Waals surface area contributed by atoms with Gasteiger partial charge in [0.2, 0.25) is 5.91 Å². The van der Waals surface area contributed by atoms with Gasteiger partial charge in [0.25, 0.3) is 5.91 Å². The molecule has 2 rings (SSSR count). The summed E-state index contributed by atoms with van der Waals surface area (Å²) in [6.07, 6.45) is 0.236. The molecule has 0 aliphatic carbocycles. The number of rotatable bonds is 9. The predicted molar refractivity (Wildman–Crippen MR) is 92.8 cm³/mol. The third-order valence-corrected chi connectivity index (χ3v) is 4.00. The van der Waals surface area contributed by atoms with Crippen LogP contribution in [0, 0.1) is 0 Å². The molecule has 1 heterocycles. The predicted octanol–water partition coefficient (Wildman–Crippen LogP) is 2.07. The van der Waals surface area contributed by atoms with Crippen LogP contribution in [0.1, 0.15) is 16.1 Å². The van der Waals surface area contributed by atoms with Gasteiger partial charge in [-0.25, -0.2) is 0 Å². The maximum atomic E-state index is 11.7. The van der Waals surface area contributed by atoms with Gasteiger partial charge in [-0.15, -0.1) is 11.3 Å². The molecule has 0 saturated heterocycles. The van der Waals surface area contributed by atoms with Gasteiger partial charge in [-0.2, -0.15) is 0 Å². The second kappa shape index (κ2) is 9.57. The highest BCUT2D eigenvalue weighted by atomic mass is 32.1. The molecule has 6 nitrogen and oxygen atoms in total. The van der Waals surface area contributed by atoms with E-state index in [0.29, 0.717) is 30.3 Å². The maximum absolute atomic E-state index is 11.7. The topological polar surface area (TPSA) is 76.7 Å². The summed E-state index contributed by atoms with van der Waals surface area (Å²) < 4.78 is 10.6. The van der Waals surface area contributed by atoms with E-state index in [1.807, 2.05) is 23.6 Å². The Morgan fingerprint density at radius 1 is 1.04 bits per heavy atom. The number of carbonyl (C=O) groups excluding carboxylic acids is 2. The van der Waals surface area contributed by atoms with E-state index in [9.17, 15) is 9.59 Å². The normalized spacial score (nSPS) is 10.0. The third-order valence-electron chi connectivity index (χ3n) is 3.13. The number of benzene rings is 1. The lowest BCUT2D eigenvalue weighted by molar-refractivity contribution is -0.121. The molecule has 0 bridgehead atoms. The molecule has 2 amide bonds. The lowest BCUT2D eigenvalue weighted by Gasteiger charge is -2.08. The highest BCUT2D eigenvalue weighted by Gasteiger charge is 2.07. The molecule has 0 atom stereocenters. The van der Waals surface area contributed by atoms with E-state index in [4.69, 9.17) is 9.47 Å². The van der Waals surface area contributed by atoms with Crippen LogP contribution in [-0.4, -0.2) is 38.6 Å². The second-order valence-corrected chi connectivity index (χ2v) is 5.80. The van der Waals surface area contributed by atoms with Crippen molar-refractivity contribution in [1.82, 2.24) is 10.6 Å². The first-order valence-electron chi connectivity index (χ1n) is 7.54. The Morgan fingerprint density at radius 2 is 1.79 bits per heavy atom. The van der Waals surface area contributed by atoms with Crippen LogP contribution in [-0.2, 0) is 4.79 Å². The van der Waals surface area contributed by atoms with E-state index in [0.717, 1.165) is 5.75 Å². The molecule has 0 saturated carbocycles. The van der Waals surface area contributed by atoms with Crippen LogP contribution in [0.4, 0.5) is 0 Å². The zero-order valence-corrected chi connectivity index (χ0v) is 14.2. The van der Waals surface area contributed by atoms with Gasteiger partial charge in [-0.1, -0.05) is 6.07 Å². The summed E-state index contributed by atoms with van der Waals surface area (Å²) >= 11 is 1.37. The summed E-state index contributed by atoms with van der Waals surface area (Å²) in [6, 6.07) is 10.8. The summed E-state index contributed by atoms with van der Waals surface area (Å²) in [7, 11) is 1.61. The summed E-state index contributed by atoms with van der Waals surface area (Å²) in [5.74, 6) is 1.20. The second-order valence-electron chi connectivity index (χ2n) is 4.86. The highest BCUT2D eigenvalue weighted by molar-refractivity contribution is 7.12. The molecule has 0 unspecified atom stereocenters. The Labute approximate surface area is 144 Å².